The molecule has 0 aromatic heterocycles. The van der Waals surface area contributed by atoms with Crippen LogP contribution >= 0.6 is 0 Å². The van der Waals surface area contributed by atoms with Gasteiger partial charge in [-0.1, -0.05) is 18.2 Å². The van der Waals surface area contributed by atoms with Crippen LogP contribution < -0.4 is 5.32 Å². The second-order valence-electron chi connectivity index (χ2n) is 4.94. The van der Waals surface area contributed by atoms with E-state index in [1.165, 1.54) is 16.7 Å². The van der Waals surface area contributed by atoms with E-state index in [2.05, 4.69) is 49.2 Å². The molecular weight excluding hydrogens is 196 g/mol. The predicted octanol–water partition coefficient (Wildman–Crippen LogP) is 2.10. The van der Waals surface area contributed by atoms with Gasteiger partial charge in [-0.05, 0) is 37.5 Å². The highest BCUT2D eigenvalue weighted by atomic mass is 15.2. The van der Waals surface area contributed by atoms with Crippen molar-refractivity contribution in [2.75, 3.05) is 19.6 Å². The Hall–Kier alpha value is -0.860. The first-order chi connectivity index (χ1) is 7.66. The van der Waals surface area contributed by atoms with Crippen LogP contribution in [-0.2, 0) is 6.54 Å². The Morgan fingerprint density at radius 3 is 2.81 bits per heavy atom. The summed E-state index contributed by atoms with van der Waals surface area (Å²) in [5.41, 5.74) is 4.23. The van der Waals surface area contributed by atoms with E-state index in [4.69, 9.17) is 0 Å². The topological polar surface area (TPSA) is 15.3 Å². The zero-order chi connectivity index (χ0) is 11.5. The molecule has 88 valence electrons. The molecule has 1 aromatic rings. The quantitative estimate of drug-likeness (QED) is 0.818. The Balaban J connectivity index is 2.05. The van der Waals surface area contributed by atoms with Crippen molar-refractivity contribution in [3.05, 3.63) is 34.9 Å². The van der Waals surface area contributed by atoms with E-state index in [0.29, 0.717) is 6.04 Å². The lowest BCUT2D eigenvalue weighted by Crippen LogP contribution is -2.49. The van der Waals surface area contributed by atoms with Crippen LogP contribution in [0, 0.1) is 13.8 Å². The first-order valence-electron chi connectivity index (χ1n) is 6.17. The molecule has 2 nitrogen and oxygen atoms in total. The molecule has 16 heavy (non-hydrogen) atoms. The van der Waals surface area contributed by atoms with E-state index in [-0.39, 0.29) is 0 Å². The van der Waals surface area contributed by atoms with Gasteiger partial charge >= 0.3 is 0 Å². The smallest absolute Gasteiger partial charge is 0.0237 e. The SMILES string of the molecule is Cc1ccc(CN2CCNC[C@H]2C)cc1C. The highest BCUT2D eigenvalue weighted by Gasteiger charge is 2.17. The Morgan fingerprint density at radius 2 is 2.12 bits per heavy atom. The van der Waals surface area contributed by atoms with Crippen molar-refractivity contribution in [1.29, 1.82) is 0 Å². The van der Waals surface area contributed by atoms with E-state index in [0.717, 1.165) is 26.2 Å². The minimum atomic E-state index is 0.648. The Morgan fingerprint density at radius 1 is 1.31 bits per heavy atom. The van der Waals surface area contributed by atoms with Crippen LogP contribution in [0.1, 0.15) is 23.6 Å². The fraction of sp³-hybridized carbons (Fsp3) is 0.571. The fourth-order valence-corrected chi connectivity index (χ4v) is 2.25. The van der Waals surface area contributed by atoms with E-state index in [1.807, 2.05) is 0 Å². The van der Waals surface area contributed by atoms with Crippen molar-refractivity contribution in [3.8, 4) is 0 Å². The summed E-state index contributed by atoms with van der Waals surface area (Å²) in [4.78, 5) is 2.56. The highest BCUT2D eigenvalue weighted by molar-refractivity contribution is 5.29. The predicted molar refractivity (Wildman–Crippen MR) is 68.7 cm³/mol. The first kappa shape index (κ1) is 11.6. The van der Waals surface area contributed by atoms with Crippen molar-refractivity contribution in [3.63, 3.8) is 0 Å². The second kappa shape index (κ2) is 4.98. The van der Waals surface area contributed by atoms with Crippen molar-refractivity contribution in [2.45, 2.75) is 33.4 Å². The molecule has 2 rings (SSSR count). The summed E-state index contributed by atoms with van der Waals surface area (Å²) in [6.07, 6.45) is 0. The molecule has 1 aromatic carbocycles. The summed E-state index contributed by atoms with van der Waals surface area (Å²) >= 11 is 0. The van der Waals surface area contributed by atoms with Gasteiger partial charge in [-0.25, -0.2) is 0 Å². The van der Waals surface area contributed by atoms with Crippen molar-refractivity contribution in [2.24, 2.45) is 0 Å². The van der Waals surface area contributed by atoms with Crippen molar-refractivity contribution >= 4 is 0 Å². The van der Waals surface area contributed by atoms with E-state index < -0.39 is 0 Å². The number of nitrogens with one attached hydrogen (secondary N) is 1. The first-order valence-corrected chi connectivity index (χ1v) is 6.17. The zero-order valence-corrected chi connectivity index (χ0v) is 10.6. The number of benzene rings is 1. The minimum absolute atomic E-state index is 0.648. The standard InChI is InChI=1S/C14H22N2/c1-11-4-5-14(8-12(11)2)10-16-7-6-15-9-13(16)3/h4-5,8,13,15H,6-7,9-10H2,1-3H3/t13-/m1/s1. The maximum atomic E-state index is 3.43. The molecule has 0 spiro atoms. The monoisotopic (exact) mass is 218 g/mol. The number of nitrogens with zero attached hydrogens (tertiary/aromatic N) is 1. The summed E-state index contributed by atoms with van der Waals surface area (Å²) < 4.78 is 0. The molecule has 1 atom stereocenters. The van der Waals surface area contributed by atoms with E-state index in [1.54, 1.807) is 0 Å². The molecule has 2 heteroatoms. The molecule has 1 aliphatic heterocycles. The van der Waals surface area contributed by atoms with E-state index >= 15 is 0 Å². The summed E-state index contributed by atoms with van der Waals surface area (Å²) in [7, 11) is 0. The number of hydrogen-bond donors (Lipinski definition) is 1. The average Bonchev–Trinajstić information content (AvgIpc) is 2.27. The second-order valence-corrected chi connectivity index (χ2v) is 4.94. The average molecular weight is 218 g/mol. The number of rotatable bonds is 2. The van der Waals surface area contributed by atoms with Gasteiger partial charge in [0.2, 0.25) is 0 Å². The minimum Gasteiger partial charge on any atom is -0.314 e. The van der Waals surface area contributed by atoms with Gasteiger partial charge in [-0.15, -0.1) is 0 Å². The fourth-order valence-electron chi connectivity index (χ4n) is 2.25. The van der Waals surface area contributed by atoms with Crippen molar-refractivity contribution in [1.82, 2.24) is 10.2 Å². The summed E-state index contributed by atoms with van der Waals surface area (Å²) in [5.74, 6) is 0. The molecule has 0 aliphatic carbocycles. The molecule has 0 unspecified atom stereocenters. The molecule has 1 heterocycles. The van der Waals surface area contributed by atoms with Crippen LogP contribution in [0.15, 0.2) is 18.2 Å². The Labute approximate surface area is 98.7 Å². The van der Waals surface area contributed by atoms with Gasteiger partial charge in [0.25, 0.3) is 0 Å². The van der Waals surface area contributed by atoms with Crippen LogP contribution in [0.25, 0.3) is 0 Å². The van der Waals surface area contributed by atoms with Gasteiger partial charge in [-0.2, -0.15) is 0 Å². The number of hydrogen-bond acceptors (Lipinski definition) is 2. The Bertz CT molecular complexity index is 360. The summed E-state index contributed by atoms with van der Waals surface area (Å²) in [6.45, 7) is 11.2. The molecule has 0 amide bonds. The third-order valence-electron chi connectivity index (χ3n) is 3.60. The molecular formula is C14H22N2. The van der Waals surface area contributed by atoms with Gasteiger partial charge in [0.1, 0.15) is 0 Å². The zero-order valence-electron chi connectivity index (χ0n) is 10.6. The van der Waals surface area contributed by atoms with Gasteiger partial charge in [0, 0.05) is 32.2 Å². The largest absolute Gasteiger partial charge is 0.314 e. The number of aryl methyl sites for hydroxylation is 2. The van der Waals surface area contributed by atoms with Gasteiger partial charge < -0.3 is 5.32 Å². The maximum Gasteiger partial charge on any atom is 0.0237 e. The molecule has 0 radical (unpaired) electrons. The van der Waals surface area contributed by atoms with Crippen LogP contribution in [0.3, 0.4) is 0 Å². The lowest BCUT2D eigenvalue weighted by atomic mass is 10.1. The molecule has 1 N–H and O–H groups in total. The molecule has 0 bridgehead atoms. The number of piperazine rings is 1. The normalized spacial score (nSPS) is 22.3. The molecule has 1 saturated heterocycles. The van der Waals surface area contributed by atoms with Gasteiger partial charge in [-0.3, -0.25) is 4.90 Å². The summed E-state index contributed by atoms with van der Waals surface area (Å²) in [5, 5.41) is 3.43. The van der Waals surface area contributed by atoms with Crippen LogP contribution in [-0.4, -0.2) is 30.6 Å². The third kappa shape index (κ3) is 2.63. The Kier molecular flexibility index (Phi) is 3.62. The maximum absolute atomic E-state index is 3.43. The molecule has 1 aliphatic rings. The van der Waals surface area contributed by atoms with Crippen LogP contribution in [0.4, 0.5) is 0 Å². The lowest BCUT2D eigenvalue weighted by molar-refractivity contribution is 0.165. The third-order valence-corrected chi connectivity index (χ3v) is 3.60. The summed E-state index contributed by atoms with van der Waals surface area (Å²) in [6, 6.07) is 7.47. The molecule has 1 fully saturated rings. The van der Waals surface area contributed by atoms with Crippen LogP contribution in [0.2, 0.25) is 0 Å². The van der Waals surface area contributed by atoms with Gasteiger partial charge in [0.05, 0.1) is 0 Å². The van der Waals surface area contributed by atoms with Crippen molar-refractivity contribution < 1.29 is 0 Å². The highest BCUT2D eigenvalue weighted by Crippen LogP contribution is 2.14. The van der Waals surface area contributed by atoms with E-state index in [9.17, 15) is 0 Å². The van der Waals surface area contributed by atoms with Gasteiger partial charge in [0.15, 0.2) is 0 Å². The lowest BCUT2D eigenvalue weighted by Gasteiger charge is -2.34. The van der Waals surface area contributed by atoms with Crippen LogP contribution in [0.5, 0.6) is 0 Å². The molecule has 0 saturated carbocycles.